The first-order valence-corrected chi connectivity index (χ1v) is 9.86. The molecule has 0 saturated carbocycles. The highest BCUT2D eigenvalue weighted by molar-refractivity contribution is 6.75. The zero-order valence-corrected chi connectivity index (χ0v) is 15.0. The van der Waals surface area contributed by atoms with Crippen LogP contribution in [0.4, 0.5) is 0 Å². The van der Waals surface area contributed by atoms with Crippen LogP contribution >= 0.6 is 0 Å². The number of rotatable bonds is 10. The van der Waals surface area contributed by atoms with Gasteiger partial charge in [-0.25, -0.2) is 0 Å². The topological polar surface area (TPSA) is 125 Å². The van der Waals surface area contributed by atoms with E-state index in [1.54, 1.807) is 18.7 Å². The van der Waals surface area contributed by atoms with Crippen molar-refractivity contribution in [1.82, 2.24) is 4.90 Å². The van der Waals surface area contributed by atoms with Crippen molar-refractivity contribution < 1.29 is 19.7 Å². The third-order valence-corrected chi connectivity index (χ3v) is 8.32. The van der Waals surface area contributed by atoms with E-state index in [0.717, 1.165) is 0 Å². The van der Waals surface area contributed by atoms with Gasteiger partial charge in [0, 0.05) is 17.9 Å². The van der Waals surface area contributed by atoms with Gasteiger partial charge in [0.05, 0.1) is 25.2 Å². The Kier molecular flexibility index (Phi) is 7.95. The minimum absolute atomic E-state index is 0.162. The largest absolute Gasteiger partial charge is 0.397 e. The van der Waals surface area contributed by atoms with Crippen LogP contribution in [-0.4, -0.2) is 71.6 Å². The molecule has 0 aromatic heterocycles. The Bertz CT molecular complexity index is 307. The minimum Gasteiger partial charge on any atom is -0.397 e. The molecule has 0 radical (unpaired) electrons. The van der Waals surface area contributed by atoms with Crippen LogP contribution in [0.2, 0.25) is 6.55 Å². The van der Waals surface area contributed by atoms with Crippen LogP contribution in [0.5, 0.6) is 0 Å². The standard InChI is InChI=1S/C13H33N3O4Si/c1-12(2,14)20-21(5,13(3,4)15)10-16(9-18)7-6-11(19)8-17/h11,17-19H,6-10,14-15H2,1-5H3. The van der Waals surface area contributed by atoms with Crippen molar-refractivity contribution in [3.05, 3.63) is 0 Å². The molecule has 7 nitrogen and oxygen atoms in total. The minimum atomic E-state index is -2.48. The predicted octanol–water partition coefficient (Wildman–Crippen LogP) is -0.916. The summed E-state index contributed by atoms with van der Waals surface area (Å²) in [7, 11) is -2.48. The zero-order chi connectivity index (χ0) is 16.9. The Labute approximate surface area is 129 Å². The van der Waals surface area contributed by atoms with Crippen LogP contribution < -0.4 is 11.5 Å². The van der Waals surface area contributed by atoms with Crippen molar-refractivity contribution in [2.24, 2.45) is 11.5 Å². The van der Waals surface area contributed by atoms with Crippen molar-refractivity contribution in [3.63, 3.8) is 0 Å². The van der Waals surface area contributed by atoms with Crippen molar-refractivity contribution in [2.45, 2.75) is 57.7 Å². The molecule has 7 N–H and O–H groups in total. The molecular formula is C13H33N3O4Si. The van der Waals surface area contributed by atoms with Crippen molar-refractivity contribution in [2.75, 3.05) is 26.1 Å². The van der Waals surface area contributed by atoms with E-state index in [1.165, 1.54) is 0 Å². The number of aliphatic hydroxyl groups excluding tert-OH is 3. The van der Waals surface area contributed by atoms with Gasteiger partial charge >= 0.3 is 0 Å². The molecule has 0 saturated heterocycles. The van der Waals surface area contributed by atoms with E-state index in [4.69, 9.17) is 21.0 Å². The van der Waals surface area contributed by atoms with Gasteiger partial charge in [-0.15, -0.1) is 0 Å². The van der Waals surface area contributed by atoms with Gasteiger partial charge in [0.2, 0.25) is 8.32 Å². The highest BCUT2D eigenvalue weighted by Crippen LogP contribution is 2.24. The number of aliphatic hydroxyl groups is 3. The molecule has 0 aliphatic rings. The lowest BCUT2D eigenvalue weighted by Gasteiger charge is -2.45. The van der Waals surface area contributed by atoms with E-state index in [2.05, 4.69) is 0 Å². The normalized spacial score (nSPS) is 17.9. The van der Waals surface area contributed by atoms with Gasteiger partial charge in [0.1, 0.15) is 0 Å². The molecule has 0 rings (SSSR count). The van der Waals surface area contributed by atoms with Gasteiger partial charge in [0.25, 0.3) is 0 Å². The van der Waals surface area contributed by atoms with E-state index in [0.29, 0.717) is 19.1 Å². The molecule has 0 aromatic rings. The second kappa shape index (κ2) is 7.98. The van der Waals surface area contributed by atoms with Crippen molar-refractivity contribution in [1.29, 1.82) is 0 Å². The summed E-state index contributed by atoms with van der Waals surface area (Å²) in [5.41, 5.74) is 11.5. The highest BCUT2D eigenvalue weighted by Gasteiger charge is 2.46. The first-order valence-electron chi connectivity index (χ1n) is 7.24. The summed E-state index contributed by atoms with van der Waals surface area (Å²) in [6.07, 6.45) is 0.0781. The molecule has 0 aliphatic carbocycles. The Morgan fingerprint density at radius 1 is 1.19 bits per heavy atom. The molecular weight excluding hydrogens is 290 g/mol. The maximum atomic E-state index is 9.52. The Morgan fingerprint density at radius 3 is 2.05 bits per heavy atom. The maximum absolute atomic E-state index is 9.52. The summed E-state index contributed by atoms with van der Waals surface area (Å²) in [4.78, 5) is 1.77. The third-order valence-electron chi connectivity index (χ3n) is 3.57. The third kappa shape index (κ3) is 7.66. The molecule has 0 heterocycles. The average molecular weight is 324 g/mol. The average Bonchev–Trinajstić information content (AvgIpc) is 2.30. The summed E-state index contributed by atoms with van der Waals surface area (Å²) in [5.74, 6) is 0. The summed E-state index contributed by atoms with van der Waals surface area (Å²) >= 11 is 0. The van der Waals surface area contributed by atoms with Gasteiger partial charge in [-0.2, -0.15) is 0 Å². The van der Waals surface area contributed by atoms with E-state index in [9.17, 15) is 10.2 Å². The molecule has 8 heteroatoms. The Morgan fingerprint density at radius 2 is 1.71 bits per heavy atom. The molecule has 0 bridgehead atoms. The lowest BCUT2D eigenvalue weighted by molar-refractivity contribution is 0.0510. The molecule has 0 aliphatic heterocycles. The quantitative estimate of drug-likeness (QED) is 0.260. The maximum Gasteiger partial charge on any atom is 0.224 e. The second-order valence-electron chi connectivity index (χ2n) is 6.98. The zero-order valence-electron chi connectivity index (χ0n) is 14.0. The fraction of sp³-hybridized carbons (Fsp3) is 1.00. The monoisotopic (exact) mass is 323 g/mol. The van der Waals surface area contributed by atoms with Crippen LogP contribution in [0.25, 0.3) is 0 Å². The number of nitrogens with two attached hydrogens (primary N) is 2. The van der Waals surface area contributed by atoms with Crippen LogP contribution in [0.15, 0.2) is 0 Å². The fourth-order valence-corrected chi connectivity index (χ4v) is 5.01. The summed E-state index contributed by atoms with van der Waals surface area (Å²) in [6.45, 7) is 9.36. The van der Waals surface area contributed by atoms with Gasteiger partial charge in [-0.1, -0.05) is 0 Å². The number of hydrogen-bond donors (Lipinski definition) is 5. The molecule has 0 fully saturated rings. The lowest BCUT2D eigenvalue weighted by Crippen LogP contribution is -2.69. The lowest BCUT2D eigenvalue weighted by atomic mass is 10.2. The summed E-state index contributed by atoms with van der Waals surface area (Å²) in [5, 5.41) is 27.2. The first-order chi connectivity index (χ1) is 9.34. The van der Waals surface area contributed by atoms with Crippen LogP contribution in [0, 0.1) is 0 Å². The van der Waals surface area contributed by atoms with E-state index in [1.807, 2.05) is 20.4 Å². The van der Waals surface area contributed by atoms with Crippen molar-refractivity contribution in [3.8, 4) is 0 Å². The molecule has 0 spiro atoms. The van der Waals surface area contributed by atoms with Crippen molar-refractivity contribution >= 4 is 8.32 Å². The van der Waals surface area contributed by atoms with Gasteiger partial charge in [0.15, 0.2) is 0 Å². The molecule has 0 aromatic carbocycles. The van der Waals surface area contributed by atoms with Gasteiger partial charge in [-0.3, -0.25) is 4.90 Å². The summed E-state index contributed by atoms with van der Waals surface area (Å²) < 4.78 is 6.08. The van der Waals surface area contributed by atoms with Crippen LogP contribution in [0.1, 0.15) is 34.1 Å². The Balaban J connectivity index is 4.93. The smallest absolute Gasteiger partial charge is 0.224 e. The molecule has 2 atom stereocenters. The highest BCUT2D eigenvalue weighted by atomic mass is 28.4. The van der Waals surface area contributed by atoms with E-state index in [-0.39, 0.29) is 13.3 Å². The second-order valence-corrected chi connectivity index (χ2v) is 11.2. The predicted molar refractivity (Wildman–Crippen MR) is 85.6 cm³/mol. The first kappa shape index (κ1) is 20.9. The number of nitrogens with zero attached hydrogens (tertiary/aromatic N) is 1. The van der Waals surface area contributed by atoms with Gasteiger partial charge in [-0.05, 0) is 40.7 Å². The van der Waals surface area contributed by atoms with Gasteiger partial charge < -0.3 is 31.2 Å². The van der Waals surface area contributed by atoms with E-state index < -0.39 is 25.3 Å². The molecule has 128 valence electrons. The van der Waals surface area contributed by atoms with E-state index >= 15 is 0 Å². The fourth-order valence-electron chi connectivity index (χ4n) is 2.00. The van der Waals surface area contributed by atoms with Crippen LogP contribution in [-0.2, 0) is 4.43 Å². The molecule has 21 heavy (non-hydrogen) atoms. The Hall–Kier alpha value is -0.0631. The summed E-state index contributed by atoms with van der Waals surface area (Å²) in [6, 6.07) is 0. The SMILES string of the molecule is CC(C)(N)O[Si](C)(CN(CO)CCC(O)CO)C(C)(C)N. The van der Waals surface area contributed by atoms with Crippen LogP contribution in [0.3, 0.4) is 0 Å². The molecule has 2 unspecified atom stereocenters. The number of hydrogen-bond acceptors (Lipinski definition) is 7. The molecule has 0 amide bonds.